The number of sulfonamides is 1. The minimum Gasteiger partial charge on any atom is -0.302 e. The summed E-state index contributed by atoms with van der Waals surface area (Å²) in [6.07, 6.45) is 2.04. The molecule has 2 aromatic heterocycles. The van der Waals surface area contributed by atoms with Crippen LogP contribution in [0.4, 0.5) is 10.8 Å². The standard InChI is InChI=1S/C22H20N4O3S3/c1-32(28,29)26-17-9-7-16(8-10-17)19-14-31-22(24-19)25-20(27)12-18-13-30-21(23-18)11-15-5-3-2-4-6-15/h2-10,13-14,26H,11-12H2,1H3,(H,24,25,27). The maximum atomic E-state index is 12.4. The van der Waals surface area contributed by atoms with Crippen LogP contribution in [-0.4, -0.2) is 30.5 Å². The predicted molar refractivity (Wildman–Crippen MR) is 130 cm³/mol. The Morgan fingerprint density at radius 2 is 1.72 bits per heavy atom. The van der Waals surface area contributed by atoms with Crippen molar-refractivity contribution < 1.29 is 13.2 Å². The first kappa shape index (κ1) is 22.1. The van der Waals surface area contributed by atoms with Crippen molar-refractivity contribution in [2.24, 2.45) is 0 Å². The second kappa shape index (κ2) is 9.60. The van der Waals surface area contributed by atoms with Crippen LogP contribution in [0.3, 0.4) is 0 Å². The van der Waals surface area contributed by atoms with E-state index >= 15 is 0 Å². The van der Waals surface area contributed by atoms with Gasteiger partial charge in [0.05, 0.1) is 29.1 Å². The molecule has 32 heavy (non-hydrogen) atoms. The average molecular weight is 485 g/mol. The lowest BCUT2D eigenvalue weighted by Gasteiger charge is -2.04. The van der Waals surface area contributed by atoms with Gasteiger partial charge in [-0.25, -0.2) is 18.4 Å². The van der Waals surface area contributed by atoms with Gasteiger partial charge in [-0.15, -0.1) is 22.7 Å². The van der Waals surface area contributed by atoms with Crippen LogP contribution >= 0.6 is 22.7 Å². The Balaban J connectivity index is 1.34. The van der Waals surface area contributed by atoms with Gasteiger partial charge in [-0.3, -0.25) is 9.52 Å². The molecule has 0 aliphatic heterocycles. The summed E-state index contributed by atoms with van der Waals surface area (Å²) >= 11 is 2.88. The highest BCUT2D eigenvalue weighted by Crippen LogP contribution is 2.26. The van der Waals surface area contributed by atoms with Gasteiger partial charge in [0, 0.05) is 28.4 Å². The summed E-state index contributed by atoms with van der Waals surface area (Å²) in [7, 11) is -3.32. The number of carbonyl (C=O) groups is 1. The van der Waals surface area contributed by atoms with Gasteiger partial charge in [0.1, 0.15) is 0 Å². The highest BCUT2D eigenvalue weighted by molar-refractivity contribution is 7.92. The first-order chi connectivity index (χ1) is 15.3. The summed E-state index contributed by atoms with van der Waals surface area (Å²) in [6.45, 7) is 0. The molecule has 0 fully saturated rings. The fraction of sp³-hybridized carbons (Fsp3) is 0.136. The second-order valence-corrected chi connectivity index (χ2v) is 10.7. The molecule has 0 spiro atoms. The molecule has 1 amide bonds. The molecule has 4 aromatic rings. The van der Waals surface area contributed by atoms with Gasteiger partial charge in [-0.1, -0.05) is 42.5 Å². The Morgan fingerprint density at radius 3 is 2.44 bits per heavy atom. The lowest BCUT2D eigenvalue weighted by molar-refractivity contribution is -0.115. The van der Waals surface area contributed by atoms with Crippen molar-refractivity contribution in [2.75, 3.05) is 16.3 Å². The molecular formula is C22H20N4O3S3. The molecule has 0 aliphatic carbocycles. The van der Waals surface area contributed by atoms with Gasteiger partial charge in [0.25, 0.3) is 0 Å². The van der Waals surface area contributed by atoms with E-state index < -0.39 is 10.0 Å². The number of aromatic nitrogens is 2. The maximum Gasteiger partial charge on any atom is 0.232 e. The zero-order chi connectivity index (χ0) is 22.6. The quantitative estimate of drug-likeness (QED) is 0.386. The number of thiazole rings is 2. The molecule has 0 aliphatic rings. The number of rotatable bonds is 8. The van der Waals surface area contributed by atoms with E-state index in [1.54, 1.807) is 35.6 Å². The second-order valence-electron chi connectivity index (χ2n) is 7.11. The average Bonchev–Trinajstić information content (AvgIpc) is 3.38. The van der Waals surface area contributed by atoms with Gasteiger partial charge in [-0.2, -0.15) is 0 Å². The summed E-state index contributed by atoms with van der Waals surface area (Å²) in [4.78, 5) is 21.5. The van der Waals surface area contributed by atoms with Gasteiger partial charge < -0.3 is 5.32 Å². The summed E-state index contributed by atoms with van der Waals surface area (Å²) in [5, 5.41) is 8.06. The summed E-state index contributed by atoms with van der Waals surface area (Å²) in [5.41, 5.74) is 3.94. The third-order valence-electron chi connectivity index (χ3n) is 4.37. The van der Waals surface area contributed by atoms with Crippen LogP contribution in [0, 0.1) is 0 Å². The molecule has 7 nitrogen and oxygen atoms in total. The molecule has 0 saturated carbocycles. The Morgan fingerprint density at radius 1 is 0.969 bits per heavy atom. The van der Waals surface area contributed by atoms with E-state index in [1.807, 2.05) is 29.0 Å². The smallest absolute Gasteiger partial charge is 0.232 e. The van der Waals surface area contributed by atoms with E-state index in [0.29, 0.717) is 16.5 Å². The molecule has 2 heterocycles. The fourth-order valence-corrected chi connectivity index (χ4v) is 5.12. The van der Waals surface area contributed by atoms with Crippen molar-refractivity contribution in [2.45, 2.75) is 12.8 Å². The molecule has 0 atom stereocenters. The van der Waals surface area contributed by atoms with Gasteiger partial charge in [0.15, 0.2) is 5.13 Å². The number of hydrogen-bond acceptors (Lipinski definition) is 7. The summed E-state index contributed by atoms with van der Waals surface area (Å²) in [6, 6.07) is 17.0. The molecular weight excluding hydrogens is 464 g/mol. The number of nitrogens with one attached hydrogen (secondary N) is 2. The van der Waals surface area contributed by atoms with Crippen LogP contribution in [0.1, 0.15) is 16.3 Å². The van der Waals surface area contributed by atoms with Crippen LogP contribution in [0.25, 0.3) is 11.3 Å². The topological polar surface area (TPSA) is 101 Å². The van der Waals surface area contributed by atoms with Crippen molar-refractivity contribution in [1.82, 2.24) is 9.97 Å². The number of carbonyl (C=O) groups excluding carboxylic acids is 1. The third kappa shape index (κ3) is 6.22. The van der Waals surface area contributed by atoms with Gasteiger partial charge in [0.2, 0.25) is 15.9 Å². The lowest BCUT2D eigenvalue weighted by atomic mass is 10.1. The molecule has 2 aromatic carbocycles. The molecule has 164 valence electrons. The number of benzene rings is 2. The van der Waals surface area contributed by atoms with Gasteiger partial charge in [-0.05, 0) is 17.7 Å². The van der Waals surface area contributed by atoms with Crippen LogP contribution in [-0.2, 0) is 27.7 Å². The fourth-order valence-electron chi connectivity index (χ4n) is 3.00. The summed E-state index contributed by atoms with van der Waals surface area (Å²) < 4.78 is 25.0. The number of nitrogens with zero attached hydrogens (tertiary/aromatic N) is 2. The van der Waals surface area contributed by atoms with Crippen molar-refractivity contribution >= 4 is 49.4 Å². The minimum absolute atomic E-state index is 0.171. The monoisotopic (exact) mass is 484 g/mol. The highest BCUT2D eigenvalue weighted by atomic mass is 32.2. The molecule has 4 rings (SSSR count). The Hall–Kier alpha value is -3.08. The van der Waals surface area contributed by atoms with Crippen LogP contribution in [0.5, 0.6) is 0 Å². The van der Waals surface area contributed by atoms with Gasteiger partial charge >= 0.3 is 0 Å². The third-order valence-corrected chi connectivity index (χ3v) is 6.64. The molecule has 2 N–H and O–H groups in total. The zero-order valence-corrected chi connectivity index (χ0v) is 19.6. The van der Waals surface area contributed by atoms with Crippen molar-refractivity contribution in [3.05, 3.63) is 81.6 Å². The van der Waals surface area contributed by atoms with E-state index in [0.717, 1.165) is 28.9 Å². The maximum absolute atomic E-state index is 12.4. The van der Waals surface area contributed by atoms with Crippen LogP contribution in [0.2, 0.25) is 0 Å². The molecule has 0 radical (unpaired) electrons. The largest absolute Gasteiger partial charge is 0.302 e. The van der Waals surface area contributed by atoms with E-state index in [9.17, 15) is 13.2 Å². The SMILES string of the molecule is CS(=O)(=O)Nc1ccc(-c2csc(NC(=O)Cc3csc(Cc4ccccc4)n3)n2)cc1. The highest BCUT2D eigenvalue weighted by Gasteiger charge is 2.12. The molecule has 0 bridgehead atoms. The Bertz CT molecular complexity index is 1310. The van der Waals surface area contributed by atoms with E-state index in [4.69, 9.17) is 0 Å². The van der Waals surface area contributed by atoms with Crippen molar-refractivity contribution in [3.8, 4) is 11.3 Å². The van der Waals surface area contributed by atoms with E-state index in [2.05, 4.69) is 32.1 Å². The first-order valence-electron chi connectivity index (χ1n) is 9.65. The number of amides is 1. The predicted octanol–water partition coefficient (Wildman–Crippen LogP) is 4.41. The van der Waals surface area contributed by atoms with Crippen LogP contribution < -0.4 is 10.0 Å². The minimum atomic E-state index is -3.32. The summed E-state index contributed by atoms with van der Waals surface area (Å²) in [5.74, 6) is -0.171. The van der Waals surface area contributed by atoms with Crippen molar-refractivity contribution in [3.63, 3.8) is 0 Å². The normalized spacial score (nSPS) is 11.3. The first-order valence-corrected chi connectivity index (χ1v) is 13.3. The molecule has 0 unspecified atom stereocenters. The number of hydrogen-bond donors (Lipinski definition) is 2. The number of anilines is 2. The lowest BCUT2D eigenvalue weighted by Crippen LogP contribution is -2.14. The van der Waals surface area contributed by atoms with Crippen LogP contribution in [0.15, 0.2) is 65.4 Å². The van der Waals surface area contributed by atoms with Crippen molar-refractivity contribution in [1.29, 1.82) is 0 Å². The Labute approximate surface area is 194 Å². The Kier molecular flexibility index (Phi) is 6.63. The van der Waals surface area contributed by atoms with E-state index in [1.165, 1.54) is 16.9 Å². The molecule has 0 saturated heterocycles. The van der Waals surface area contributed by atoms with E-state index in [-0.39, 0.29) is 12.3 Å². The zero-order valence-electron chi connectivity index (χ0n) is 17.1. The molecule has 10 heteroatoms.